The topological polar surface area (TPSA) is 96.6 Å². The Kier molecular flexibility index (Phi) is 6.87. The number of nitrogens with zero attached hydrogens (tertiary/aromatic N) is 2. The van der Waals surface area contributed by atoms with E-state index in [9.17, 15) is 15.0 Å². The SMILES string of the molecule is CCC(CC(=O)O)c1ccc(N2CCCC2C(C)(C)O)c(Nc2ccc(C#N)cc2)c1. The summed E-state index contributed by atoms with van der Waals surface area (Å²) >= 11 is 0. The Morgan fingerprint density at radius 2 is 2.00 bits per heavy atom. The van der Waals surface area contributed by atoms with Gasteiger partial charge in [-0.3, -0.25) is 4.79 Å². The number of benzene rings is 2. The van der Waals surface area contributed by atoms with E-state index in [1.807, 2.05) is 51.1 Å². The maximum Gasteiger partial charge on any atom is 0.303 e. The number of nitrogens with one attached hydrogen (secondary N) is 1. The fraction of sp³-hybridized carbons (Fsp3) is 0.440. The van der Waals surface area contributed by atoms with E-state index in [0.717, 1.165) is 48.4 Å². The molecule has 2 atom stereocenters. The first kappa shape index (κ1) is 22.6. The first-order chi connectivity index (χ1) is 14.7. The monoisotopic (exact) mass is 421 g/mol. The maximum atomic E-state index is 11.3. The molecule has 0 aromatic heterocycles. The molecular formula is C25H31N3O3. The van der Waals surface area contributed by atoms with Crippen molar-refractivity contribution in [1.29, 1.82) is 5.26 Å². The predicted octanol–water partition coefficient (Wildman–Crippen LogP) is 5.01. The van der Waals surface area contributed by atoms with Crippen LogP contribution in [0.5, 0.6) is 0 Å². The average Bonchev–Trinajstić information content (AvgIpc) is 3.23. The number of aliphatic hydroxyl groups is 1. The van der Waals surface area contributed by atoms with Crippen LogP contribution in [0.1, 0.15) is 63.5 Å². The molecule has 6 nitrogen and oxygen atoms in total. The molecule has 2 unspecified atom stereocenters. The van der Waals surface area contributed by atoms with Gasteiger partial charge in [-0.15, -0.1) is 0 Å². The van der Waals surface area contributed by atoms with Gasteiger partial charge in [0.15, 0.2) is 0 Å². The van der Waals surface area contributed by atoms with Crippen molar-refractivity contribution in [3.8, 4) is 6.07 Å². The van der Waals surface area contributed by atoms with Gasteiger partial charge in [-0.1, -0.05) is 13.0 Å². The number of carboxylic acids is 1. The Morgan fingerprint density at radius 1 is 1.29 bits per heavy atom. The quantitative estimate of drug-likeness (QED) is 0.554. The molecule has 0 aliphatic carbocycles. The normalized spacial score (nSPS) is 17.3. The Bertz CT molecular complexity index is 957. The summed E-state index contributed by atoms with van der Waals surface area (Å²) in [7, 11) is 0. The number of aliphatic carboxylic acids is 1. The lowest BCUT2D eigenvalue weighted by Gasteiger charge is -2.36. The highest BCUT2D eigenvalue weighted by molar-refractivity contribution is 5.77. The van der Waals surface area contributed by atoms with E-state index >= 15 is 0 Å². The Labute approximate surface area is 184 Å². The van der Waals surface area contributed by atoms with Crippen LogP contribution in [0.3, 0.4) is 0 Å². The van der Waals surface area contributed by atoms with E-state index in [-0.39, 0.29) is 18.4 Å². The van der Waals surface area contributed by atoms with Crippen molar-refractivity contribution in [2.75, 3.05) is 16.8 Å². The van der Waals surface area contributed by atoms with Crippen LogP contribution >= 0.6 is 0 Å². The van der Waals surface area contributed by atoms with Crippen molar-refractivity contribution in [2.45, 2.75) is 64.0 Å². The van der Waals surface area contributed by atoms with Crippen LogP contribution in [0.15, 0.2) is 42.5 Å². The van der Waals surface area contributed by atoms with E-state index in [1.165, 1.54) is 0 Å². The lowest BCUT2D eigenvalue weighted by atomic mass is 9.91. The third-order valence-corrected chi connectivity index (χ3v) is 6.08. The zero-order valence-corrected chi connectivity index (χ0v) is 18.4. The van der Waals surface area contributed by atoms with Crippen molar-refractivity contribution in [1.82, 2.24) is 0 Å². The lowest BCUT2D eigenvalue weighted by molar-refractivity contribution is -0.137. The second-order valence-electron chi connectivity index (χ2n) is 8.80. The Hall–Kier alpha value is -3.04. The molecule has 0 radical (unpaired) electrons. The third-order valence-electron chi connectivity index (χ3n) is 6.08. The Balaban J connectivity index is 2.02. The minimum absolute atomic E-state index is 0.000793. The summed E-state index contributed by atoms with van der Waals surface area (Å²) in [6, 6.07) is 15.5. The second kappa shape index (κ2) is 9.40. The summed E-state index contributed by atoms with van der Waals surface area (Å²) in [6.07, 6.45) is 2.74. The Morgan fingerprint density at radius 3 is 2.58 bits per heavy atom. The van der Waals surface area contributed by atoms with Gasteiger partial charge in [0.2, 0.25) is 0 Å². The molecule has 0 bridgehead atoms. The van der Waals surface area contributed by atoms with Crippen LogP contribution in [0.25, 0.3) is 0 Å². The predicted molar refractivity (Wildman–Crippen MR) is 123 cm³/mol. The molecular weight excluding hydrogens is 390 g/mol. The van der Waals surface area contributed by atoms with Gasteiger partial charge in [0, 0.05) is 12.2 Å². The first-order valence-corrected chi connectivity index (χ1v) is 10.8. The van der Waals surface area contributed by atoms with E-state index in [4.69, 9.17) is 5.26 Å². The van der Waals surface area contributed by atoms with Crippen LogP contribution in [0.2, 0.25) is 0 Å². The first-order valence-electron chi connectivity index (χ1n) is 10.8. The van der Waals surface area contributed by atoms with Crippen molar-refractivity contribution in [3.63, 3.8) is 0 Å². The van der Waals surface area contributed by atoms with Crippen LogP contribution < -0.4 is 10.2 Å². The minimum atomic E-state index is -0.837. The van der Waals surface area contributed by atoms with Crippen LogP contribution in [-0.4, -0.2) is 34.4 Å². The van der Waals surface area contributed by atoms with Gasteiger partial charge in [0.25, 0.3) is 0 Å². The molecule has 0 saturated carbocycles. The smallest absolute Gasteiger partial charge is 0.303 e. The summed E-state index contributed by atoms with van der Waals surface area (Å²) in [5, 5.41) is 32.5. The number of carboxylic acid groups (broad SMARTS) is 1. The molecule has 1 fully saturated rings. The van der Waals surface area contributed by atoms with Gasteiger partial charge in [-0.25, -0.2) is 0 Å². The number of anilines is 3. The van der Waals surface area contributed by atoms with Gasteiger partial charge >= 0.3 is 5.97 Å². The molecule has 0 amide bonds. The third kappa shape index (κ3) is 5.36. The number of carbonyl (C=O) groups is 1. The molecule has 3 N–H and O–H groups in total. The van der Waals surface area contributed by atoms with Gasteiger partial charge < -0.3 is 20.4 Å². The zero-order chi connectivity index (χ0) is 22.6. The standard InChI is InChI=1S/C25H31N3O3/c1-4-18(15-24(29)30)19-9-12-22(28-13-5-6-23(28)25(2,3)31)21(14-19)27-20-10-7-17(16-26)8-11-20/h7-12,14,18,23,27,31H,4-6,13,15H2,1-3H3,(H,29,30). The fourth-order valence-electron chi connectivity index (χ4n) is 4.44. The number of hydrogen-bond acceptors (Lipinski definition) is 5. The summed E-state index contributed by atoms with van der Waals surface area (Å²) in [4.78, 5) is 13.6. The fourth-order valence-corrected chi connectivity index (χ4v) is 4.44. The van der Waals surface area contributed by atoms with Gasteiger partial charge in [0.1, 0.15) is 0 Å². The van der Waals surface area contributed by atoms with E-state index in [1.54, 1.807) is 12.1 Å². The summed E-state index contributed by atoms with van der Waals surface area (Å²) in [5.41, 5.74) is 3.45. The van der Waals surface area contributed by atoms with Crippen LogP contribution in [0, 0.1) is 11.3 Å². The van der Waals surface area contributed by atoms with Crippen molar-refractivity contribution in [2.24, 2.45) is 0 Å². The van der Waals surface area contributed by atoms with Gasteiger partial charge in [0.05, 0.1) is 41.1 Å². The summed E-state index contributed by atoms with van der Waals surface area (Å²) < 4.78 is 0. The minimum Gasteiger partial charge on any atom is -0.481 e. The molecule has 31 heavy (non-hydrogen) atoms. The van der Waals surface area contributed by atoms with Gasteiger partial charge in [-0.2, -0.15) is 5.26 Å². The second-order valence-corrected chi connectivity index (χ2v) is 8.80. The average molecular weight is 422 g/mol. The largest absolute Gasteiger partial charge is 0.481 e. The molecule has 1 saturated heterocycles. The van der Waals surface area contributed by atoms with Crippen molar-refractivity contribution in [3.05, 3.63) is 53.6 Å². The molecule has 2 aromatic rings. The molecule has 2 aromatic carbocycles. The van der Waals surface area contributed by atoms with Crippen LogP contribution in [0.4, 0.5) is 17.1 Å². The summed E-state index contributed by atoms with van der Waals surface area (Å²) in [5.74, 6) is -0.879. The molecule has 1 aliphatic heterocycles. The maximum absolute atomic E-state index is 11.3. The molecule has 0 spiro atoms. The lowest BCUT2D eigenvalue weighted by Crippen LogP contribution is -2.46. The molecule has 3 rings (SSSR count). The van der Waals surface area contributed by atoms with Crippen LogP contribution in [-0.2, 0) is 4.79 Å². The number of nitriles is 1. The number of hydrogen-bond donors (Lipinski definition) is 3. The van der Waals surface area contributed by atoms with Gasteiger partial charge in [-0.05, 0) is 81.0 Å². The van der Waals surface area contributed by atoms with E-state index < -0.39 is 11.6 Å². The highest BCUT2D eigenvalue weighted by atomic mass is 16.4. The highest BCUT2D eigenvalue weighted by Crippen LogP contribution is 2.39. The highest BCUT2D eigenvalue weighted by Gasteiger charge is 2.37. The zero-order valence-electron chi connectivity index (χ0n) is 18.4. The molecule has 1 heterocycles. The molecule has 1 aliphatic rings. The van der Waals surface area contributed by atoms with E-state index in [0.29, 0.717) is 5.56 Å². The number of rotatable bonds is 8. The van der Waals surface area contributed by atoms with Crippen molar-refractivity contribution >= 4 is 23.0 Å². The molecule has 164 valence electrons. The van der Waals surface area contributed by atoms with Crippen molar-refractivity contribution < 1.29 is 15.0 Å². The molecule has 6 heteroatoms. The van der Waals surface area contributed by atoms with E-state index in [2.05, 4.69) is 16.3 Å². The summed E-state index contributed by atoms with van der Waals surface area (Å²) in [6.45, 7) is 6.54.